The molecule has 1 atom stereocenters. The summed E-state index contributed by atoms with van der Waals surface area (Å²) in [6.07, 6.45) is 3.72. The fraction of sp³-hybridized carbons (Fsp3) is 0.588. The quantitative estimate of drug-likeness (QED) is 0.684. The van der Waals surface area contributed by atoms with Crippen molar-refractivity contribution in [2.45, 2.75) is 31.8 Å². The minimum atomic E-state index is -0.423. The highest BCUT2D eigenvalue weighted by Gasteiger charge is 2.30. The molecule has 23 heavy (non-hydrogen) atoms. The van der Waals surface area contributed by atoms with Gasteiger partial charge < -0.3 is 10.2 Å². The molecule has 0 bridgehead atoms. The van der Waals surface area contributed by atoms with E-state index in [0.717, 1.165) is 37.6 Å². The molecule has 2 aliphatic rings. The van der Waals surface area contributed by atoms with Crippen molar-refractivity contribution in [3.05, 3.63) is 35.4 Å². The smallest absolute Gasteiger partial charge is 0.193 e. The Balaban J connectivity index is 1.57. The van der Waals surface area contributed by atoms with Gasteiger partial charge >= 0.3 is 0 Å². The summed E-state index contributed by atoms with van der Waals surface area (Å²) in [7, 11) is 1.73. The summed E-state index contributed by atoms with van der Waals surface area (Å²) in [5.74, 6) is -0.0606. The largest absolute Gasteiger partial charge is 0.352 e. The van der Waals surface area contributed by atoms with Gasteiger partial charge in [-0.3, -0.25) is 9.89 Å². The van der Waals surface area contributed by atoms with E-state index in [1.807, 2.05) is 0 Å². The third-order valence-electron chi connectivity index (χ3n) is 4.78. The standard InChI is InChI=1S/C17H24F2N4/c1-20-17(21-11-13-10-14(18)4-5-16(13)19)23-9-6-15(12-23)22-7-2-3-8-22/h4-5,10,15H,2-3,6-9,11-12H2,1H3,(H,20,21). The molecule has 6 heteroatoms. The highest BCUT2D eigenvalue weighted by molar-refractivity contribution is 5.80. The molecule has 2 aliphatic heterocycles. The molecule has 0 amide bonds. The number of guanidine groups is 1. The molecule has 0 aliphatic carbocycles. The van der Waals surface area contributed by atoms with Crippen molar-refractivity contribution in [3.63, 3.8) is 0 Å². The lowest BCUT2D eigenvalue weighted by Gasteiger charge is -2.25. The summed E-state index contributed by atoms with van der Waals surface area (Å²) < 4.78 is 26.9. The van der Waals surface area contributed by atoms with Crippen LogP contribution >= 0.6 is 0 Å². The third-order valence-corrected chi connectivity index (χ3v) is 4.78. The van der Waals surface area contributed by atoms with Crippen molar-refractivity contribution < 1.29 is 8.78 Å². The molecule has 0 spiro atoms. The number of hydrogen-bond donors (Lipinski definition) is 1. The average molecular weight is 322 g/mol. The number of nitrogens with one attached hydrogen (secondary N) is 1. The van der Waals surface area contributed by atoms with E-state index in [1.165, 1.54) is 32.0 Å². The Hall–Kier alpha value is -1.69. The van der Waals surface area contributed by atoms with Crippen LogP contribution in [0.3, 0.4) is 0 Å². The summed E-state index contributed by atoms with van der Waals surface area (Å²) in [6.45, 7) is 4.52. The second-order valence-corrected chi connectivity index (χ2v) is 6.27. The van der Waals surface area contributed by atoms with E-state index < -0.39 is 11.6 Å². The molecular formula is C17H24F2N4. The fourth-order valence-corrected chi connectivity index (χ4v) is 3.52. The van der Waals surface area contributed by atoms with Gasteiger partial charge in [0.15, 0.2) is 5.96 Å². The van der Waals surface area contributed by atoms with Gasteiger partial charge in [-0.05, 0) is 50.6 Å². The molecule has 1 N–H and O–H groups in total. The molecule has 0 radical (unpaired) electrons. The highest BCUT2D eigenvalue weighted by Crippen LogP contribution is 2.20. The molecule has 2 heterocycles. The van der Waals surface area contributed by atoms with Crippen LogP contribution < -0.4 is 5.32 Å². The van der Waals surface area contributed by atoms with Crippen LogP contribution in [0.25, 0.3) is 0 Å². The van der Waals surface area contributed by atoms with Crippen LogP contribution in [0.15, 0.2) is 23.2 Å². The minimum Gasteiger partial charge on any atom is -0.352 e. The number of benzene rings is 1. The number of nitrogens with zero attached hydrogens (tertiary/aromatic N) is 3. The Morgan fingerprint density at radius 2 is 2.04 bits per heavy atom. The number of halogens is 2. The minimum absolute atomic E-state index is 0.237. The predicted octanol–water partition coefficient (Wildman–Crippen LogP) is 2.21. The van der Waals surface area contributed by atoms with Crippen molar-refractivity contribution in [1.82, 2.24) is 15.1 Å². The van der Waals surface area contributed by atoms with Crippen LogP contribution in [-0.4, -0.2) is 55.0 Å². The van der Waals surface area contributed by atoms with Gasteiger partial charge in [0.2, 0.25) is 0 Å². The monoisotopic (exact) mass is 322 g/mol. The van der Waals surface area contributed by atoms with Crippen molar-refractivity contribution in [3.8, 4) is 0 Å². The number of rotatable bonds is 3. The van der Waals surface area contributed by atoms with Gasteiger partial charge in [-0.2, -0.15) is 0 Å². The van der Waals surface area contributed by atoms with Crippen molar-refractivity contribution in [1.29, 1.82) is 0 Å². The van der Waals surface area contributed by atoms with Gasteiger partial charge in [-0.1, -0.05) is 0 Å². The summed E-state index contributed by atoms with van der Waals surface area (Å²) in [5.41, 5.74) is 0.321. The van der Waals surface area contributed by atoms with Crippen LogP contribution in [0.5, 0.6) is 0 Å². The van der Waals surface area contributed by atoms with E-state index in [1.54, 1.807) is 7.05 Å². The van der Waals surface area contributed by atoms with Crippen LogP contribution in [-0.2, 0) is 6.54 Å². The first-order valence-electron chi connectivity index (χ1n) is 8.31. The lowest BCUT2D eigenvalue weighted by Crippen LogP contribution is -2.42. The molecule has 0 saturated carbocycles. The topological polar surface area (TPSA) is 30.9 Å². The first-order chi connectivity index (χ1) is 11.2. The molecule has 3 rings (SSSR count). The van der Waals surface area contributed by atoms with Gasteiger partial charge in [-0.25, -0.2) is 8.78 Å². The maximum Gasteiger partial charge on any atom is 0.193 e. The second kappa shape index (κ2) is 7.25. The Morgan fingerprint density at radius 3 is 2.78 bits per heavy atom. The summed E-state index contributed by atoms with van der Waals surface area (Å²) >= 11 is 0. The maximum atomic E-state index is 13.7. The third kappa shape index (κ3) is 3.80. The fourth-order valence-electron chi connectivity index (χ4n) is 3.52. The summed E-state index contributed by atoms with van der Waals surface area (Å²) in [4.78, 5) is 9.06. The SMILES string of the molecule is CN=C(NCc1cc(F)ccc1F)N1CCC(N2CCCC2)C1. The molecule has 126 valence electrons. The second-order valence-electron chi connectivity index (χ2n) is 6.27. The molecule has 0 aromatic heterocycles. The highest BCUT2D eigenvalue weighted by atomic mass is 19.1. The van der Waals surface area contributed by atoms with E-state index in [-0.39, 0.29) is 6.54 Å². The van der Waals surface area contributed by atoms with E-state index in [0.29, 0.717) is 11.6 Å². The molecule has 1 unspecified atom stereocenters. The Morgan fingerprint density at radius 1 is 1.26 bits per heavy atom. The number of aliphatic imine (C=N–C) groups is 1. The Labute approximate surface area is 136 Å². The molecule has 2 fully saturated rings. The number of hydrogen-bond acceptors (Lipinski definition) is 2. The average Bonchev–Trinajstić information content (AvgIpc) is 3.22. The molecule has 4 nitrogen and oxygen atoms in total. The van der Waals surface area contributed by atoms with Crippen LogP contribution in [0.1, 0.15) is 24.8 Å². The summed E-state index contributed by atoms with van der Waals surface area (Å²) in [6, 6.07) is 4.11. The summed E-state index contributed by atoms with van der Waals surface area (Å²) in [5, 5.41) is 3.16. The molecule has 1 aromatic rings. The van der Waals surface area contributed by atoms with Crippen LogP contribution in [0, 0.1) is 11.6 Å². The Kier molecular flexibility index (Phi) is 5.10. The predicted molar refractivity (Wildman–Crippen MR) is 87.3 cm³/mol. The van der Waals surface area contributed by atoms with Gasteiger partial charge in [-0.15, -0.1) is 0 Å². The van der Waals surface area contributed by atoms with Crippen molar-refractivity contribution >= 4 is 5.96 Å². The van der Waals surface area contributed by atoms with Gasteiger partial charge in [0.1, 0.15) is 11.6 Å². The zero-order valence-corrected chi connectivity index (χ0v) is 13.6. The first kappa shape index (κ1) is 16.2. The van der Waals surface area contributed by atoms with Crippen LogP contribution in [0.4, 0.5) is 8.78 Å². The van der Waals surface area contributed by atoms with Gasteiger partial charge in [0, 0.05) is 38.3 Å². The van der Waals surface area contributed by atoms with Crippen molar-refractivity contribution in [2.24, 2.45) is 4.99 Å². The molecule has 1 aromatic carbocycles. The molecule has 2 saturated heterocycles. The normalized spacial score (nSPS) is 22.8. The van der Waals surface area contributed by atoms with E-state index in [9.17, 15) is 8.78 Å². The Bertz CT molecular complexity index is 570. The van der Waals surface area contributed by atoms with Gasteiger partial charge in [0.05, 0.1) is 0 Å². The molecular weight excluding hydrogens is 298 g/mol. The number of likely N-dealkylation sites (tertiary alicyclic amines) is 2. The maximum absolute atomic E-state index is 13.7. The van der Waals surface area contributed by atoms with E-state index >= 15 is 0 Å². The van der Waals surface area contributed by atoms with Gasteiger partial charge in [0.25, 0.3) is 0 Å². The zero-order valence-electron chi connectivity index (χ0n) is 13.6. The zero-order chi connectivity index (χ0) is 16.2. The lowest BCUT2D eigenvalue weighted by molar-refractivity contribution is 0.249. The van der Waals surface area contributed by atoms with Crippen LogP contribution in [0.2, 0.25) is 0 Å². The lowest BCUT2D eigenvalue weighted by atomic mass is 10.2. The van der Waals surface area contributed by atoms with E-state index in [4.69, 9.17) is 0 Å². The van der Waals surface area contributed by atoms with Crippen molar-refractivity contribution in [2.75, 3.05) is 33.2 Å². The van der Waals surface area contributed by atoms with E-state index in [2.05, 4.69) is 20.1 Å². The first-order valence-corrected chi connectivity index (χ1v) is 8.31.